The standard InChI is InChI=1S/C14H25N3/c1-16-9-5-6-13-12-17(11-7-14(13)16)10-4-2-3-8-15/h13-14H,2-7,9-12H2,1H3. The average molecular weight is 235 g/mol. The van der Waals surface area contributed by atoms with Gasteiger partial charge >= 0.3 is 0 Å². The molecule has 0 saturated carbocycles. The van der Waals surface area contributed by atoms with Crippen molar-refractivity contribution in [3.63, 3.8) is 0 Å². The van der Waals surface area contributed by atoms with E-state index in [2.05, 4.69) is 22.9 Å². The Balaban J connectivity index is 1.72. The number of piperidine rings is 2. The van der Waals surface area contributed by atoms with E-state index in [0.717, 1.165) is 24.8 Å². The van der Waals surface area contributed by atoms with Crippen LogP contribution in [0.5, 0.6) is 0 Å². The number of nitrogens with zero attached hydrogens (tertiary/aromatic N) is 3. The molecule has 0 aromatic heterocycles. The Morgan fingerprint density at radius 2 is 2.12 bits per heavy atom. The first kappa shape index (κ1) is 12.9. The van der Waals surface area contributed by atoms with Gasteiger partial charge in [-0.3, -0.25) is 0 Å². The van der Waals surface area contributed by atoms with Gasteiger partial charge in [-0.2, -0.15) is 5.26 Å². The van der Waals surface area contributed by atoms with E-state index in [-0.39, 0.29) is 0 Å². The monoisotopic (exact) mass is 235 g/mol. The predicted octanol–water partition coefficient (Wildman–Crippen LogP) is 2.10. The van der Waals surface area contributed by atoms with Gasteiger partial charge in [0.05, 0.1) is 6.07 Å². The molecular formula is C14H25N3. The highest BCUT2D eigenvalue weighted by molar-refractivity contribution is 4.89. The van der Waals surface area contributed by atoms with Gasteiger partial charge in [0.2, 0.25) is 0 Å². The summed E-state index contributed by atoms with van der Waals surface area (Å²) in [5.74, 6) is 0.901. The third-order valence-corrected chi connectivity index (χ3v) is 4.44. The summed E-state index contributed by atoms with van der Waals surface area (Å²) in [5, 5.41) is 8.52. The van der Waals surface area contributed by atoms with Crippen molar-refractivity contribution < 1.29 is 0 Å². The van der Waals surface area contributed by atoms with E-state index in [4.69, 9.17) is 5.26 Å². The zero-order chi connectivity index (χ0) is 12.1. The second-order valence-electron chi connectivity index (χ2n) is 5.65. The van der Waals surface area contributed by atoms with Crippen LogP contribution in [0.3, 0.4) is 0 Å². The Kier molecular flexibility index (Phi) is 4.82. The van der Waals surface area contributed by atoms with E-state index in [9.17, 15) is 0 Å². The lowest BCUT2D eigenvalue weighted by atomic mass is 9.84. The average Bonchev–Trinajstić information content (AvgIpc) is 2.35. The normalized spacial score (nSPS) is 30.8. The van der Waals surface area contributed by atoms with Crippen LogP contribution in [-0.4, -0.2) is 49.1 Å². The summed E-state index contributed by atoms with van der Waals surface area (Å²) in [6.07, 6.45) is 7.13. The van der Waals surface area contributed by atoms with Crippen LogP contribution in [-0.2, 0) is 0 Å². The van der Waals surface area contributed by atoms with Crippen LogP contribution in [0.25, 0.3) is 0 Å². The van der Waals surface area contributed by atoms with Gasteiger partial charge in [-0.25, -0.2) is 0 Å². The highest BCUT2D eigenvalue weighted by Gasteiger charge is 2.33. The van der Waals surface area contributed by atoms with Crippen LogP contribution in [0.2, 0.25) is 0 Å². The Labute approximate surface area is 105 Å². The molecule has 3 heteroatoms. The number of hydrogen-bond donors (Lipinski definition) is 0. The second-order valence-corrected chi connectivity index (χ2v) is 5.65. The zero-order valence-corrected chi connectivity index (χ0v) is 11.1. The van der Waals surface area contributed by atoms with E-state index >= 15 is 0 Å². The fraction of sp³-hybridized carbons (Fsp3) is 0.929. The Morgan fingerprint density at radius 1 is 1.24 bits per heavy atom. The molecule has 0 radical (unpaired) electrons. The van der Waals surface area contributed by atoms with Crippen molar-refractivity contribution in [1.29, 1.82) is 5.26 Å². The predicted molar refractivity (Wildman–Crippen MR) is 69.7 cm³/mol. The molecule has 2 fully saturated rings. The Bertz CT molecular complexity index is 271. The van der Waals surface area contributed by atoms with Gasteiger partial charge in [0.15, 0.2) is 0 Å². The van der Waals surface area contributed by atoms with Crippen LogP contribution in [0, 0.1) is 17.2 Å². The molecule has 0 aromatic rings. The molecule has 2 heterocycles. The first-order valence-electron chi connectivity index (χ1n) is 7.11. The maximum atomic E-state index is 8.52. The van der Waals surface area contributed by atoms with Crippen LogP contribution >= 0.6 is 0 Å². The summed E-state index contributed by atoms with van der Waals surface area (Å²) in [6, 6.07) is 3.08. The van der Waals surface area contributed by atoms with Crippen molar-refractivity contribution in [2.45, 2.75) is 44.6 Å². The molecule has 0 spiro atoms. The van der Waals surface area contributed by atoms with Gasteiger partial charge < -0.3 is 9.80 Å². The minimum Gasteiger partial charge on any atom is -0.303 e. The van der Waals surface area contributed by atoms with Crippen molar-refractivity contribution in [3.05, 3.63) is 0 Å². The van der Waals surface area contributed by atoms with E-state index in [1.807, 2.05) is 0 Å². The largest absolute Gasteiger partial charge is 0.303 e. The van der Waals surface area contributed by atoms with Crippen LogP contribution in [0.4, 0.5) is 0 Å². The maximum absolute atomic E-state index is 8.52. The summed E-state index contributed by atoms with van der Waals surface area (Å²) >= 11 is 0. The molecule has 2 aliphatic heterocycles. The lowest BCUT2D eigenvalue weighted by Gasteiger charge is -2.46. The number of hydrogen-bond acceptors (Lipinski definition) is 3. The second kappa shape index (κ2) is 6.37. The summed E-state index contributed by atoms with van der Waals surface area (Å²) in [4.78, 5) is 5.19. The molecule has 96 valence electrons. The van der Waals surface area contributed by atoms with Crippen LogP contribution in [0.1, 0.15) is 38.5 Å². The topological polar surface area (TPSA) is 30.3 Å². The molecule has 2 saturated heterocycles. The van der Waals surface area contributed by atoms with Gasteiger partial charge in [0.25, 0.3) is 0 Å². The number of nitriles is 1. The van der Waals surface area contributed by atoms with Crippen LogP contribution in [0.15, 0.2) is 0 Å². The molecule has 2 unspecified atom stereocenters. The molecule has 0 aromatic carbocycles. The molecule has 2 aliphatic rings. The molecule has 0 amide bonds. The third-order valence-electron chi connectivity index (χ3n) is 4.44. The summed E-state index contributed by atoms with van der Waals surface area (Å²) in [6.45, 7) is 5.05. The molecule has 2 atom stereocenters. The minimum atomic E-state index is 0.725. The molecule has 3 nitrogen and oxygen atoms in total. The highest BCUT2D eigenvalue weighted by atomic mass is 15.2. The first-order valence-corrected chi connectivity index (χ1v) is 7.11. The number of likely N-dealkylation sites (tertiary alicyclic amines) is 2. The smallest absolute Gasteiger partial charge is 0.0621 e. The fourth-order valence-corrected chi connectivity index (χ4v) is 3.47. The van der Waals surface area contributed by atoms with Gasteiger partial charge in [0.1, 0.15) is 0 Å². The van der Waals surface area contributed by atoms with E-state index in [1.165, 1.54) is 51.9 Å². The fourth-order valence-electron chi connectivity index (χ4n) is 3.47. The van der Waals surface area contributed by atoms with Crippen molar-refractivity contribution >= 4 is 0 Å². The van der Waals surface area contributed by atoms with Crippen molar-refractivity contribution in [1.82, 2.24) is 9.80 Å². The Morgan fingerprint density at radius 3 is 2.94 bits per heavy atom. The molecule has 2 rings (SSSR count). The van der Waals surface area contributed by atoms with Gasteiger partial charge in [-0.15, -0.1) is 0 Å². The lowest BCUT2D eigenvalue weighted by molar-refractivity contribution is 0.0381. The van der Waals surface area contributed by atoms with E-state index in [1.54, 1.807) is 0 Å². The summed E-state index contributed by atoms with van der Waals surface area (Å²) < 4.78 is 0. The maximum Gasteiger partial charge on any atom is 0.0621 e. The van der Waals surface area contributed by atoms with E-state index in [0.29, 0.717) is 0 Å². The summed E-state index contributed by atoms with van der Waals surface area (Å²) in [5.41, 5.74) is 0. The first-order chi connectivity index (χ1) is 8.31. The quantitative estimate of drug-likeness (QED) is 0.699. The van der Waals surface area contributed by atoms with E-state index < -0.39 is 0 Å². The van der Waals surface area contributed by atoms with Gasteiger partial charge in [0, 0.05) is 19.0 Å². The van der Waals surface area contributed by atoms with Gasteiger partial charge in [-0.05, 0) is 64.7 Å². The van der Waals surface area contributed by atoms with Crippen LogP contribution < -0.4 is 0 Å². The lowest BCUT2D eigenvalue weighted by Crippen LogP contribution is -2.52. The molecule has 0 N–H and O–H groups in total. The van der Waals surface area contributed by atoms with Crippen molar-refractivity contribution in [2.24, 2.45) is 5.92 Å². The number of rotatable bonds is 4. The minimum absolute atomic E-state index is 0.725. The van der Waals surface area contributed by atoms with Crippen molar-refractivity contribution in [2.75, 3.05) is 33.2 Å². The Hall–Kier alpha value is -0.590. The molecular weight excluding hydrogens is 210 g/mol. The number of fused-ring (bicyclic) bond motifs is 1. The highest BCUT2D eigenvalue weighted by Crippen LogP contribution is 2.29. The zero-order valence-electron chi connectivity index (χ0n) is 11.1. The summed E-state index contributed by atoms with van der Waals surface area (Å²) in [7, 11) is 2.29. The third kappa shape index (κ3) is 3.43. The number of unbranched alkanes of at least 4 members (excludes halogenated alkanes) is 2. The SMILES string of the molecule is CN1CCCC2CN(CCCCC#N)CCC21. The van der Waals surface area contributed by atoms with Gasteiger partial charge in [-0.1, -0.05) is 0 Å². The molecule has 0 bridgehead atoms. The molecule has 0 aliphatic carbocycles. The van der Waals surface area contributed by atoms with Crippen molar-refractivity contribution in [3.8, 4) is 6.07 Å². The molecule has 17 heavy (non-hydrogen) atoms.